The number of fused-ring (bicyclic) bond motifs is 5. The van der Waals surface area contributed by atoms with Gasteiger partial charge in [0, 0.05) is 21.7 Å². The zero-order chi connectivity index (χ0) is 16.1. The summed E-state index contributed by atoms with van der Waals surface area (Å²) in [7, 11) is 0. The van der Waals surface area contributed by atoms with Crippen LogP contribution in [0.2, 0.25) is 0 Å². The molecule has 0 saturated heterocycles. The Morgan fingerprint density at radius 1 is 0.625 bits per heavy atom. The van der Waals surface area contributed by atoms with E-state index in [1.807, 2.05) is 24.3 Å². The van der Waals surface area contributed by atoms with Crippen molar-refractivity contribution in [2.24, 2.45) is 0 Å². The van der Waals surface area contributed by atoms with Crippen LogP contribution in [0.25, 0.3) is 43.7 Å². The SMILES string of the molecule is Fc1ccc(-c2cc3c4ccccc4[nH]c3c3ccccc23)cc1. The maximum atomic E-state index is 13.3. The Labute approximate surface area is 138 Å². The summed E-state index contributed by atoms with van der Waals surface area (Å²) >= 11 is 0. The second kappa shape index (κ2) is 4.93. The van der Waals surface area contributed by atoms with Crippen LogP contribution < -0.4 is 0 Å². The smallest absolute Gasteiger partial charge is 0.123 e. The first kappa shape index (κ1) is 13.3. The summed E-state index contributed by atoms with van der Waals surface area (Å²) in [6, 6.07) is 25.6. The third kappa shape index (κ3) is 1.86. The van der Waals surface area contributed by atoms with Gasteiger partial charge in [-0.2, -0.15) is 0 Å². The van der Waals surface area contributed by atoms with E-state index in [1.54, 1.807) is 0 Å². The fourth-order valence-electron chi connectivity index (χ4n) is 3.55. The first-order chi connectivity index (χ1) is 11.8. The van der Waals surface area contributed by atoms with Crippen molar-refractivity contribution in [2.75, 3.05) is 0 Å². The molecule has 1 heterocycles. The topological polar surface area (TPSA) is 15.8 Å². The van der Waals surface area contributed by atoms with E-state index in [-0.39, 0.29) is 5.82 Å². The highest BCUT2D eigenvalue weighted by Gasteiger charge is 2.12. The van der Waals surface area contributed by atoms with E-state index in [0.717, 1.165) is 22.2 Å². The Morgan fingerprint density at radius 2 is 1.29 bits per heavy atom. The average Bonchev–Trinajstić information content (AvgIpc) is 3.01. The molecule has 0 aliphatic rings. The normalized spacial score (nSPS) is 11.5. The molecule has 0 aliphatic carbocycles. The van der Waals surface area contributed by atoms with E-state index >= 15 is 0 Å². The van der Waals surface area contributed by atoms with Crippen LogP contribution >= 0.6 is 0 Å². The molecular weight excluding hydrogens is 297 g/mol. The van der Waals surface area contributed by atoms with Crippen molar-refractivity contribution < 1.29 is 4.39 Å². The van der Waals surface area contributed by atoms with E-state index < -0.39 is 0 Å². The molecule has 0 spiro atoms. The number of benzene rings is 4. The molecule has 1 nitrogen and oxygen atoms in total. The molecule has 1 N–H and O–H groups in total. The summed E-state index contributed by atoms with van der Waals surface area (Å²) in [4.78, 5) is 3.55. The number of rotatable bonds is 1. The number of nitrogens with one attached hydrogen (secondary N) is 1. The van der Waals surface area contributed by atoms with E-state index in [0.29, 0.717) is 0 Å². The first-order valence-electron chi connectivity index (χ1n) is 7.99. The van der Waals surface area contributed by atoms with Crippen molar-refractivity contribution in [3.8, 4) is 11.1 Å². The molecule has 0 radical (unpaired) electrons. The number of aromatic nitrogens is 1. The molecular formula is C22H14FN. The average molecular weight is 311 g/mol. The highest BCUT2D eigenvalue weighted by Crippen LogP contribution is 2.37. The Balaban J connectivity index is 1.97. The van der Waals surface area contributed by atoms with Crippen LogP contribution in [0, 0.1) is 5.82 Å². The fraction of sp³-hybridized carbons (Fsp3) is 0. The number of para-hydroxylation sites is 1. The monoisotopic (exact) mass is 311 g/mol. The van der Waals surface area contributed by atoms with Gasteiger partial charge in [-0.15, -0.1) is 0 Å². The minimum atomic E-state index is -0.212. The van der Waals surface area contributed by atoms with Gasteiger partial charge in [0.15, 0.2) is 0 Å². The molecule has 0 saturated carbocycles. The maximum Gasteiger partial charge on any atom is 0.123 e. The summed E-state index contributed by atoms with van der Waals surface area (Å²) in [6.07, 6.45) is 0. The number of H-pyrrole nitrogens is 1. The lowest BCUT2D eigenvalue weighted by Gasteiger charge is -2.09. The summed E-state index contributed by atoms with van der Waals surface area (Å²) in [5.41, 5.74) is 4.44. The number of hydrogen-bond acceptors (Lipinski definition) is 0. The highest BCUT2D eigenvalue weighted by atomic mass is 19.1. The quantitative estimate of drug-likeness (QED) is 0.375. The van der Waals surface area contributed by atoms with Gasteiger partial charge in [0.1, 0.15) is 5.82 Å². The molecule has 0 atom stereocenters. The minimum Gasteiger partial charge on any atom is -0.354 e. The Bertz CT molecular complexity index is 1200. The lowest BCUT2D eigenvalue weighted by molar-refractivity contribution is 0.628. The van der Waals surface area contributed by atoms with Gasteiger partial charge in [0.2, 0.25) is 0 Å². The van der Waals surface area contributed by atoms with Crippen molar-refractivity contribution in [3.63, 3.8) is 0 Å². The molecule has 0 unspecified atom stereocenters. The maximum absolute atomic E-state index is 13.3. The van der Waals surface area contributed by atoms with Gasteiger partial charge in [-0.3, -0.25) is 0 Å². The van der Waals surface area contributed by atoms with E-state index in [2.05, 4.69) is 47.4 Å². The van der Waals surface area contributed by atoms with Crippen LogP contribution in [-0.4, -0.2) is 4.98 Å². The first-order valence-corrected chi connectivity index (χ1v) is 7.99. The predicted molar refractivity (Wildman–Crippen MR) is 98.7 cm³/mol. The summed E-state index contributed by atoms with van der Waals surface area (Å²) < 4.78 is 13.3. The summed E-state index contributed by atoms with van der Waals surface area (Å²) in [5.74, 6) is -0.212. The molecule has 2 heteroatoms. The van der Waals surface area contributed by atoms with Crippen LogP contribution in [-0.2, 0) is 0 Å². The molecule has 1 aromatic heterocycles. The van der Waals surface area contributed by atoms with Crippen molar-refractivity contribution in [1.82, 2.24) is 4.98 Å². The zero-order valence-corrected chi connectivity index (χ0v) is 12.9. The third-order valence-corrected chi connectivity index (χ3v) is 4.68. The zero-order valence-electron chi connectivity index (χ0n) is 12.9. The number of hydrogen-bond donors (Lipinski definition) is 1. The Morgan fingerprint density at radius 3 is 2.08 bits per heavy atom. The highest BCUT2D eigenvalue weighted by molar-refractivity contribution is 6.20. The molecule has 5 rings (SSSR count). The van der Waals surface area contributed by atoms with Crippen LogP contribution in [0.15, 0.2) is 78.9 Å². The van der Waals surface area contributed by atoms with Crippen LogP contribution in [0.3, 0.4) is 0 Å². The van der Waals surface area contributed by atoms with Gasteiger partial charge in [-0.1, -0.05) is 54.6 Å². The van der Waals surface area contributed by atoms with E-state index in [1.165, 1.54) is 33.7 Å². The summed E-state index contributed by atoms with van der Waals surface area (Å²) in [6.45, 7) is 0. The molecule has 0 bridgehead atoms. The Kier molecular flexibility index (Phi) is 2.74. The Hall–Kier alpha value is -3.13. The summed E-state index contributed by atoms with van der Waals surface area (Å²) in [5, 5.41) is 4.76. The predicted octanol–water partition coefficient (Wildman–Crippen LogP) is 6.28. The molecule has 24 heavy (non-hydrogen) atoms. The van der Waals surface area contributed by atoms with Crippen molar-refractivity contribution in [2.45, 2.75) is 0 Å². The van der Waals surface area contributed by atoms with Gasteiger partial charge >= 0.3 is 0 Å². The van der Waals surface area contributed by atoms with Crippen LogP contribution in [0.1, 0.15) is 0 Å². The lowest BCUT2D eigenvalue weighted by atomic mass is 9.95. The molecule has 5 aromatic rings. The number of halogens is 1. The van der Waals surface area contributed by atoms with Gasteiger partial charge in [0.25, 0.3) is 0 Å². The minimum absolute atomic E-state index is 0.212. The molecule has 4 aromatic carbocycles. The molecule has 0 amide bonds. The van der Waals surface area contributed by atoms with Gasteiger partial charge in [-0.25, -0.2) is 4.39 Å². The van der Waals surface area contributed by atoms with Gasteiger partial charge in [0.05, 0.1) is 5.52 Å². The van der Waals surface area contributed by atoms with Gasteiger partial charge in [-0.05, 0) is 40.8 Å². The second-order valence-corrected chi connectivity index (χ2v) is 6.07. The fourth-order valence-corrected chi connectivity index (χ4v) is 3.55. The van der Waals surface area contributed by atoms with Crippen molar-refractivity contribution >= 4 is 32.6 Å². The third-order valence-electron chi connectivity index (χ3n) is 4.68. The standard InChI is InChI=1S/C22H14FN/c23-15-11-9-14(10-12-15)19-13-20-17-6-3-4-8-21(17)24-22(20)18-7-2-1-5-16(18)19/h1-13,24H. The van der Waals surface area contributed by atoms with Crippen LogP contribution in [0.4, 0.5) is 4.39 Å². The van der Waals surface area contributed by atoms with Crippen molar-refractivity contribution in [3.05, 3.63) is 84.7 Å². The number of aromatic amines is 1. The molecule has 114 valence electrons. The molecule has 0 aliphatic heterocycles. The second-order valence-electron chi connectivity index (χ2n) is 6.07. The van der Waals surface area contributed by atoms with Crippen molar-refractivity contribution in [1.29, 1.82) is 0 Å². The van der Waals surface area contributed by atoms with Gasteiger partial charge < -0.3 is 4.98 Å². The van der Waals surface area contributed by atoms with E-state index in [4.69, 9.17) is 0 Å². The largest absolute Gasteiger partial charge is 0.354 e. The molecule has 0 fully saturated rings. The van der Waals surface area contributed by atoms with Crippen LogP contribution in [0.5, 0.6) is 0 Å². The van der Waals surface area contributed by atoms with E-state index in [9.17, 15) is 4.39 Å². The lowest BCUT2D eigenvalue weighted by Crippen LogP contribution is -1.84.